The molecule has 4 heteroatoms. The van der Waals surface area contributed by atoms with E-state index in [4.69, 9.17) is 9.47 Å². The second kappa shape index (κ2) is 5.97. The van der Waals surface area contributed by atoms with Gasteiger partial charge >= 0.3 is 0 Å². The Bertz CT molecular complexity index is 636. The van der Waals surface area contributed by atoms with Crippen LogP contribution in [-0.2, 0) is 6.54 Å². The lowest BCUT2D eigenvalue weighted by Crippen LogP contribution is -2.22. The fourth-order valence-electron chi connectivity index (χ4n) is 3.11. The number of ether oxygens (including phenoxy) is 2. The maximum atomic E-state index is 5.94. The van der Waals surface area contributed by atoms with E-state index in [-0.39, 0.29) is 6.10 Å². The summed E-state index contributed by atoms with van der Waals surface area (Å²) >= 11 is 0. The molecule has 1 atom stereocenters. The van der Waals surface area contributed by atoms with Gasteiger partial charge in [0.25, 0.3) is 5.88 Å². The van der Waals surface area contributed by atoms with E-state index in [0.29, 0.717) is 12.5 Å². The molecule has 2 aliphatic heterocycles. The molecular weight excluding hydrogens is 276 g/mol. The Kier molecular flexibility index (Phi) is 3.69. The predicted octanol–water partition coefficient (Wildman–Crippen LogP) is 3.19. The minimum Gasteiger partial charge on any atom is -0.484 e. The highest BCUT2D eigenvalue weighted by molar-refractivity contribution is 5.35. The zero-order valence-corrected chi connectivity index (χ0v) is 12.6. The lowest BCUT2D eigenvalue weighted by atomic mass is 10.1. The lowest BCUT2D eigenvalue weighted by Gasteiger charge is -2.25. The second-order valence-corrected chi connectivity index (χ2v) is 5.95. The molecule has 1 aromatic carbocycles. The lowest BCUT2D eigenvalue weighted by molar-refractivity contribution is 0.0851. The van der Waals surface area contributed by atoms with Crippen LogP contribution in [0.4, 0.5) is 0 Å². The maximum Gasteiger partial charge on any atom is 0.257 e. The van der Waals surface area contributed by atoms with E-state index >= 15 is 0 Å². The fourth-order valence-corrected chi connectivity index (χ4v) is 3.11. The molecule has 1 saturated heterocycles. The first-order chi connectivity index (χ1) is 10.9. The van der Waals surface area contributed by atoms with Gasteiger partial charge in [0.15, 0.2) is 11.9 Å². The highest BCUT2D eigenvalue weighted by atomic mass is 16.6. The van der Waals surface area contributed by atoms with Gasteiger partial charge in [-0.25, -0.2) is 4.98 Å². The SMILES string of the molecule is c1cnc2c(c1)OCC(c1ccc(CN3CCCC3)cc1)O2. The summed E-state index contributed by atoms with van der Waals surface area (Å²) in [4.78, 5) is 6.74. The van der Waals surface area contributed by atoms with Crippen molar-refractivity contribution in [3.63, 3.8) is 0 Å². The number of aromatic nitrogens is 1. The first-order valence-corrected chi connectivity index (χ1v) is 7.94. The van der Waals surface area contributed by atoms with E-state index in [1.807, 2.05) is 12.1 Å². The normalized spacial score (nSPS) is 21.0. The smallest absolute Gasteiger partial charge is 0.257 e. The van der Waals surface area contributed by atoms with E-state index in [2.05, 4.69) is 34.1 Å². The van der Waals surface area contributed by atoms with Crippen molar-refractivity contribution in [2.45, 2.75) is 25.5 Å². The summed E-state index contributed by atoms with van der Waals surface area (Å²) in [5.74, 6) is 1.31. The van der Waals surface area contributed by atoms with Gasteiger partial charge in [-0.05, 0) is 49.2 Å². The van der Waals surface area contributed by atoms with E-state index in [1.54, 1.807) is 6.20 Å². The number of hydrogen-bond donors (Lipinski definition) is 0. The molecule has 0 spiro atoms. The fraction of sp³-hybridized carbons (Fsp3) is 0.389. The molecule has 4 rings (SSSR count). The van der Waals surface area contributed by atoms with Crippen LogP contribution < -0.4 is 9.47 Å². The topological polar surface area (TPSA) is 34.6 Å². The van der Waals surface area contributed by atoms with E-state index < -0.39 is 0 Å². The number of benzene rings is 1. The van der Waals surface area contributed by atoms with Crippen LogP contribution in [0, 0.1) is 0 Å². The van der Waals surface area contributed by atoms with Crippen molar-refractivity contribution in [2.75, 3.05) is 19.7 Å². The Morgan fingerprint density at radius 1 is 1.09 bits per heavy atom. The molecule has 1 fully saturated rings. The third-order valence-corrected chi connectivity index (χ3v) is 4.34. The Morgan fingerprint density at radius 2 is 1.91 bits per heavy atom. The number of likely N-dealkylation sites (tertiary alicyclic amines) is 1. The molecule has 3 heterocycles. The molecule has 0 saturated carbocycles. The number of pyridine rings is 1. The van der Waals surface area contributed by atoms with Crippen LogP contribution in [0.25, 0.3) is 0 Å². The zero-order valence-electron chi connectivity index (χ0n) is 12.6. The molecule has 0 amide bonds. The summed E-state index contributed by atoms with van der Waals surface area (Å²) in [6.45, 7) is 4.03. The van der Waals surface area contributed by atoms with Crippen molar-refractivity contribution >= 4 is 0 Å². The predicted molar refractivity (Wildman–Crippen MR) is 84.1 cm³/mol. The van der Waals surface area contributed by atoms with Gasteiger partial charge in [0.05, 0.1) is 0 Å². The highest BCUT2D eigenvalue weighted by Crippen LogP contribution is 2.33. The van der Waals surface area contributed by atoms with Crippen LogP contribution in [0.5, 0.6) is 11.6 Å². The van der Waals surface area contributed by atoms with Crippen LogP contribution in [0.2, 0.25) is 0 Å². The van der Waals surface area contributed by atoms with Crippen molar-refractivity contribution < 1.29 is 9.47 Å². The first-order valence-electron chi connectivity index (χ1n) is 7.94. The van der Waals surface area contributed by atoms with E-state index in [1.165, 1.54) is 31.5 Å². The van der Waals surface area contributed by atoms with Crippen LogP contribution in [0.1, 0.15) is 30.1 Å². The van der Waals surface area contributed by atoms with Crippen molar-refractivity contribution in [3.05, 3.63) is 53.7 Å². The summed E-state index contributed by atoms with van der Waals surface area (Å²) in [7, 11) is 0. The van der Waals surface area contributed by atoms with Crippen LogP contribution in [0.3, 0.4) is 0 Å². The zero-order chi connectivity index (χ0) is 14.8. The van der Waals surface area contributed by atoms with Gasteiger partial charge in [0, 0.05) is 12.7 Å². The molecule has 22 heavy (non-hydrogen) atoms. The van der Waals surface area contributed by atoms with Gasteiger partial charge in [-0.1, -0.05) is 24.3 Å². The Hall–Kier alpha value is -2.07. The van der Waals surface area contributed by atoms with Crippen LogP contribution in [0.15, 0.2) is 42.6 Å². The summed E-state index contributed by atoms with van der Waals surface area (Å²) in [5, 5.41) is 0. The quantitative estimate of drug-likeness (QED) is 0.871. The largest absolute Gasteiger partial charge is 0.484 e. The second-order valence-electron chi connectivity index (χ2n) is 5.95. The number of hydrogen-bond acceptors (Lipinski definition) is 4. The van der Waals surface area contributed by atoms with E-state index in [0.717, 1.165) is 17.9 Å². The van der Waals surface area contributed by atoms with E-state index in [9.17, 15) is 0 Å². The highest BCUT2D eigenvalue weighted by Gasteiger charge is 2.23. The van der Waals surface area contributed by atoms with Crippen molar-refractivity contribution in [1.29, 1.82) is 0 Å². The van der Waals surface area contributed by atoms with Crippen molar-refractivity contribution in [2.24, 2.45) is 0 Å². The molecule has 0 bridgehead atoms. The number of nitrogens with zero attached hydrogens (tertiary/aromatic N) is 2. The average molecular weight is 296 g/mol. The van der Waals surface area contributed by atoms with Gasteiger partial charge in [-0.15, -0.1) is 0 Å². The molecule has 2 aromatic rings. The van der Waals surface area contributed by atoms with Crippen LogP contribution in [-0.4, -0.2) is 29.6 Å². The third kappa shape index (κ3) is 2.79. The molecule has 4 nitrogen and oxygen atoms in total. The van der Waals surface area contributed by atoms with Gasteiger partial charge in [-0.3, -0.25) is 4.90 Å². The van der Waals surface area contributed by atoms with Gasteiger partial charge in [-0.2, -0.15) is 0 Å². The van der Waals surface area contributed by atoms with Gasteiger partial charge < -0.3 is 9.47 Å². The molecule has 2 aliphatic rings. The monoisotopic (exact) mass is 296 g/mol. The third-order valence-electron chi connectivity index (χ3n) is 4.34. The standard InChI is InChI=1S/C18H20N2O2/c1-2-11-20(10-1)12-14-5-7-15(8-6-14)17-13-21-16-4-3-9-19-18(16)22-17/h3-9,17H,1-2,10-13H2. The summed E-state index contributed by atoms with van der Waals surface area (Å²) < 4.78 is 11.7. The molecular formula is C18H20N2O2. The molecule has 0 radical (unpaired) electrons. The average Bonchev–Trinajstić information content (AvgIpc) is 3.08. The molecule has 114 valence electrons. The Labute approximate surface area is 130 Å². The maximum absolute atomic E-state index is 5.94. The summed E-state index contributed by atoms with van der Waals surface area (Å²) in [5.41, 5.74) is 2.50. The molecule has 0 aliphatic carbocycles. The minimum atomic E-state index is -0.0803. The minimum absolute atomic E-state index is 0.0803. The van der Waals surface area contributed by atoms with Gasteiger partial charge in [0.2, 0.25) is 0 Å². The van der Waals surface area contributed by atoms with Crippen molar-refractivity contribution in [3.8, 4) is 11.6 Å². The molecule has 1 aromatic heterocycles. The summed E-state index contributed by atoms with van der Waals surface area (Å²) in [6.07, 6.45) is 4.31. The Morgan fingerprint density at radius 3 is 2.73 bits per heavy atom. The molecule has 1 unspecified atom stereocenters. The van der Waals surface area contributed by atoms with Gasteiger partial charge in [0.1, 0.15) is 6.61 Å². The number of fused-ring (bicyclic) bond motifs is 1. The number of rotatable bonds is 3. The summed E-state index contributed by atoms with van der Waals surface area (Å²) in [6, 6.07) is 12.4. The van der Waals surface area contributed by atoms with Crippen molar-refractivity contribution in [1.82, 2.24) is 9.88 Å². The first kappa shape index (κ1) is 13.6. The molecule has 0 N–H and O–H groups in total. The van der Waals surface area contributed by atoms with Crippen LogP contribution >= 0.6 is 0 Å². The Balaban J connectivity index is 1.45.